The molecule has 3 rings (SSSR count). The van der Waals surface area contributed by atoms with E-state index in [0.717, 1.165) is 24.7 Å². The van der Waals surface area contributed by atoms with Gasteiger partial charge in [0.25, 0.3) is 0 Å². The van der Waals surface area contributed by atoms with E-state index in [1.54, 1.807) is 18.2 Å². The van der Waals surface area contributed by atoms with Gasteiger partial charge in [0.1, 0.15) is 24.0 Å². The fourth-order valence-electron chi connectivity index (χ4n) is 3.09. The van der Waals surface area contributed by atoms with Gasteiger partial charge in [-0.3, -0.25) is 0 Å². The van der Waals surface area contributed by atoms with E-state index in [1.807, 2.05) is 0 Å². The van der Waals surface area contributed by atoms with Gasteiger partial charge in [0, 0.05) is 11.6 Å². The SMILES string of the molecule is C=CC(=O)Oc1ccc(-c2ccc(-c3ccc(O/C=C\OC(=O)C(=C)C)cc3)c(C(F)(F)F)c2)cc1. The number of ether oxygens (including phenoxy) is 3. The summed E-state index contributed by atoms with van der Waals surface area (Å²) in [7, 11) is 0. The van der Waals surface area contributed by atoms with Gasteiger partial charge in [-0.05, 0) is 59.5 Å². The molecule has 0 saturated carbocycles. The molecule has 184 valence electrons. The molecule has 3 aromatic rings. The summed E-state index contributed by atoms with van der Waals surface area (Å²) in [4.78, 5) is 22.6. The van der Waals surface area contributed by atoms with Gasteiger partial charge >= 0.3 is 18.1 Å². The van der Waals surface area contributed by atoms with Gasteiger partial charge in [0.2, 0.25) is 0 Å². The van der Waals surface area contributed by atoms with Crippen LogP contribution in [0.5, 0.6) is 11.5 Å². The summed E-state index contributed by atoms with van der Waals surface area (Å²) in [6.45, 7) is 8.25. The number of halogens is 3. The molecule has 0 aliphatic rings. The quantitative estimate of drug-likeness (QED) is 0.145. The minimum Gasteiger partial charge on any atom is -0.462 e. The molecule has 0 atom stereocenters. The Morgan fingerprint density at radius 2 is 1.42 bits per heavy atom. The van der Waals surface area contributed by atoms with Gasteiger partial charge in [-0.15, -0.1) is 0 Å². The number of benzene rings is 3. The van der Waals surface area contributed by atoms with Crippen LogP contribution < -0.4 is 9.47 Å². The molecule has 0 unspecified atom stereocenters. The van der Waals surface area contributed by atoms with E-state index < -0.39 is 23.7 Å². The molecule has 0 aliphatic carbocycles. The van der Waals surface area contributed by atoms with Gasteiger partial charge in [-0.1, -0.05) is 49.6 Å². The third-order valence-corrected chi connectivity index (χ3v) is 4.85. The molecule has 0 amide bonds. The molecular weight excluding hydrogens is 473 g/mol. The van der Waals surface area contributed by atoms with Crippen molar-refractivity contribution in [2.75, 3.05) is 0 Å². The summed E-state index contributed by atoms with van der Waals surface area (Å²) < 4.78 is 56.8. The Bertz CT molecular complexity index is 1300. The van der Waals surface area contributed by atoms with Crippen LogP contribution in [-0.2, 0) is 20.5 Å². The first-order chi connectivity index (χ1) is 17.1. The second-order valence-corrected chi connectivity index (χ2v) is 7.51. The molecule has 0 aromatic heterocycles. The Hall–Kier alpha value is -4.59. The van der Waals surface area contributed by atoms with Gasteiger partial charge in [0.05, 0.1) is 5.56 Å². The number of alkyl halides is 3. The molecule has 5 nitrogen and oxygen atoms in total. The summed E-state index contributed by atoms with van der Waals surface area (Å²) >= 11 is 0. The molecule has 0 aliphatic heterocycles. The second-order valence-electron chi connectivity index (χ2n) is 7.51. The van der Waals surface area contributed by atoms with Gasteiger partial charge in [-0.2, -0.15) is 13.2 Å². The van der Waals surface area contributed by atoms with E-state index in [2.05, 4.69) is 13.2 Å². The van der Waals surface area contributed by atoms with E-state index in [0.29, 0.717) is 22.4 Å². The third-order valence-electron chi connectivity index (χ3n) is 4.85. The van der Waals surface area contributed by atoms with Crippen molar-refractivity contribution in [1.82, 2.24) is 0 Å². The molecule has 0 bridgehead atoms. The lowest BCUT2D eigenvalue weighted by molar-refractivity contribution is -0.137. The van der Waals surface area contributed by atoms with Crippen molar-refractivity contribution in [2.45, 2.75) is 13.1 Å². The fraction of sp³-hybridized carbons (Fsp3) is 0.0714. The molecule has 0 heterocycles. The first kappa shape index (κ1) is 26.0. The molecule has 8 heteroatoms. The standard InChI is InChI=1S/C28H21F3O5/c1-4-26(32)36-23-12-5-19(6-13-23)21-9-14-24(25(17-21)28(29,30)31)20-7-10-22(11-8-20)34-15-16-35-27(33)18(2)3/h4-17H,1-2H2,3H3/b16-15-. The lowest BCUT2D eigenvalue weighted by Gasteiger charge is -2.15. The molecule has 0 spiro atoms. The second kappa shape index (κ2) is 11.2. The van der Waals surface area contributed by atoms with Gasteiger partial charge in [-0.25, -0.2) is 9.59 Å². The fourth-order valence-corrected chi connectivity index (χ4v) is 3.09. The average molecular weight is 494 g/mol. The van der Waals surface area contributed by atoms with E-state index in [4.69, 9.17) is 14.2 Å². The Kier molecular flexibility index (Phi) is 8.11. The van der Waals surface area contributed by atoms with E-state index in [-0.39, 0.29) is 16.9 Å². The Balaban J connectivity index is 1.82. The topological polar surface area (TPSA) is 61.8 Å². The molecular formula is C28H21F3O5. The highest BCUT2D eigenvalue weighted by Gasteiger charge is 2.34. The predicted molar refractivity (Wildman–Crippen MR) is 129 cm³/mol. The zero-order valence-electron chi connectivity index (χ0n) is 19.2. The van der Waals surface area contributed by atoms with Crippen LogP contribution in [0.2, 0.25) is 0 Å². The highest BCUT2D eigenvalue weighted by molar-refractivity contribution is 5.87. The van der Waals surface area contributed by atoms with E-state index >= 15 is 0 Å². The number of rotatable bonds is 8. The maximum Gasteiger partial charge on any atom is 0.417 e. The van der Waals surface area contributed by atoms with Crippen molar-refractivity contribution in [3.05, 3.63) is 110 Å². The first-order valence-electron chi connectivity index (χ1n) is 10.5. The zero-order chi connectivity index (χ0) is 26.3. The molecule has 0 N–H and O–H groups in total. The average Bonchev–Trinajstić information content (AvgIpc) is 2.86. The highest BCUT2D eigenvalue weighted by atomic mass is 19.4. The summed E-state index contributed by atoms with van der Waals surface area (Å²) in [6.07, 6.45) is -1.41. The van der Waals surface area contributed by atoms with Crippen LogP contribution >= 0.6 is 0 Å². The normalized spacial score (nSPS) is 11.1. The summed E-state index contributed by atoms with van der Waals surface area (Å²) in [6, 6.07) is 16.1. The number of carbonyl (C=O) groups is 2. The lowest BCUT2D eigenvalue weighted by Crippen LogP contribution is -2.07. The number of carbonyl (C=O) groups excluding carboxylic acids is 2. The molecule has 0 fully saturated rings. The van der Waals surface area contributed by atoms with Crippen molar-refractivity contribution in [3.63, 3.8) is 0 Å². The predicted octanol–water partition coefficient (Wildman–Crippen LogP) is 7.10. The van der Waals surface area contributed by atoms with Crippen molar-refractivity contribution in [1.29, 1.82) is 0 Å². The van der Waals surface area contributed by atoms with Gasteiger partial charge in [0.15, 0.2) is 0 Å². The maximum atomic E-state index is 13.9. The molecule has 36 heavy (non-hydrogen) atoms. The third kappa shape index (κ3) is 6.73. The lowest BCUT2D eigenvalue weighted by atomic mass is 9.94. The number of hydrogen-bond acceptors (Lipinski definition) is 5. The largest absolute Gasteiger partial charge is 0.462 e. The molecule has 0 saturated heterocycles. The van der Waals surface area contributed by atoms with Crippen LogP contribution in [0, 0.1) is 0 Å². The Morgan fingerprint density at radius 3 is 2.00 bits per heavy atom. The number of esters is 2. The van der Waals surface area contributed by atoms with Crippen LogP contribution in [0.15, 0.2) is 104 Å². The smallest absolute Gasteiger partial charge is 0.417 e. The summed E-state index contributed by atoms with van der Waals surface area (Å²) in [5.41, 5.74) is 0.630. The van der Waals surface area contributed by atoms with E-state index in [9.17, 15) is 22.8 Å². The number of hydrogen-bond donors (Lipinski definition) is 0. The highest BCUT2D eigenvalue weighted by Crippen LogP contribution is 2.40. The van der Waals surface area contributed by atoms with Crippen LogP contribution in [0.1, 0.15) is 12.5 Å². The van der Waals surface area contributed by atoms with Crippen molar-refractivity contribution in [2.24, 2.45) is 0 Å². The van der Waals surface area contributed by atoms with E-state index in [1.165, 1.54) is 49.4 Å². The molecule has 0 radical (unpaired) electrons. The maximum absolute atomic E-state index is 13.9. The van der Waals surface area contributed by atoms with Crippen LogP contribution in [0.25, 0.3) is 22.3 Å². The summed E-state index contributed by atoms with van der Waals surface area (Å²) in [5, 5.41) is 0. The van der Waals surface area contributed by atoms with Crippen LogP contribution in [0.3, 0.4) is 0 Å². The van der Waals surface area contributed by atoms with Gasteiger partial charge < -0.3 is 14.2 Å². The first-order valence-corrected chi connectivity index (χ1v) is 10.5. The zero-order valence-corrected chi connectivity index (χ0v) is 19.2. The minimum absolute atomic E-state index is 0.000244. The van der Waals surface area contributed by atoms with Crippen LogP contribution in [-0.4, -0.2) is 11.9 Å². The van der Waals surface area contributed by atoms with Crippen molar-refractivity contribution in [3.8, 4) is 33.8 Å². The van der Waals surface area contributed by atoms with Crippen LogP contribution in [0.4, 0.5) is 13.2 Å². The Morgan fingerprint density at radius 1 is 0.833 bits per heavy atom. The Labute approximate surface area is 205 Å². The van der Waals surface area contributed by atoms with Crippen molar-refractivity contribution >= 4 is 11.9 Å². The monoisotopic (exact) mass is 494 g/mol. The summed E-state index contributed by atoms with van der Waals surface area (Å²) in [5.74, 6) is -0.656. The molecule has 3 aromatic carbocycles. The minimum atomic E-state index is -4.60. The van der Waals surface area contributed by atoms with Crippen molar-refractivity contribution < 1.29 is 37.0 Å².